The van der Waals surface area contributed by atoms with Crippen molar-refractivity contribution in [2.75, 3.05) is 46.6 Å². The lowest BCUT2D eigenvalue weighted by Gasteiger charge is -2.23. The van der Waals surface area contributed by atoms with Crippen LogP contribution in [0.4, 0.5) is 0 Å². The molecule has 2 heterocycles. The van der Waals surface area contributed by atoms with Crippen molar-refractivity contribution in [2.45, 2.75) is 51.0 Å². The van der Waals surface area contributed by atoms with Crippen LogP contribution < -0.4 is 5.32 Å². The van der Waals surface area contributed by atoms with Gasteiger partial charge in [-0.25, -0.2) is 0 Å². The van der Waals surface area contributed by atoms with Gasteiger partial charge in [0.15, 0.2) is 0 Å². The van der Waals surface area contributed by atoms with Crippen molar-refractivity contribution in [3.63, 3.8) is 0 Å². The lowest BCUT2D eigenvalue weighted by atomic mass is 10.2. The quantitative estimate of drug-likeness (QED) is 0.565. The second kappa shape index (κ2) is 15.1. The summed E-state index contributed by atoms with van der Waals surface area (Å²) < 4.78 is 16.6. The summed E-state index contributed by atoms with van der Waals surface area (Å²) in [4.78, 5) is 2.48. The van der Waals surface area contributed by atoms with Crippen molar-refractivity contribution in [3.8, 4) is 0 Å². The molecule has 2 aliphatic rings. The average molecular weight is 441 g/mol. The summed E-state index contributed by atoms with van der Waals surface area (Å²) in [5.74, 6) is 0. The van der Waals surface area contributed by atoms with Crippen LogP contribution in [-0.4, -0.2) is 63.5 Å². The van der Waals surface area contributed by atoms with E-state index in [-0.39, 0.29) is 0 Å². The van der Waals surface area contributed by atoms with Gasteiger partial charge in [0.25, 0.3) is 0 Å². The van der Waals surface area contributed by atoms with Crippen LogP contribution in [0.1, 0.15) is 36.8 Å². The minimum Gasteiger partial charge on any atom is -0.383 e. The Morgan fingerprint density at radius 3 is 2.09 bits per heavy atom. The van der Waals surface area contributed by atoms with E-state index >= 15 is 0 Å². The first kappa shape index (κ1) is 24.9. The first-order chi connectivity index (χ1) is 15.8. The molecule has 2 atom stereocenters. The van der Waals surface area contributed by atoms with E-state index in [1.54, 1.807) is 7.11 Å². The smallest absolute Gasteiger partial charge is 0.0717 e. The predicted molar refractivity (Wildman–Crippen MR) is 130 cm³/mol. The van der Waals surface area contributed by atoms with E-state index < -0.39 is 0 Å². The minimum absolute atomic E-state index is 0.573. The summed E-state index contributed by atoms with van der Waals surface area (Å²) in [5, 5.41) is 3.42. The molecule has 0 bridgehead atoms. The van der Waals surface area contributed by atoms with Gasteiger partial charge in [-0.1, -0.05) is 60.7 Å². The zero-order valence-corrected chi connectivity index (χ0v) is 19.6. The van der Waals surface area contributed by atoms with Crippen molar-refractivity contribution in [3.05, 3.63) is 71.8 Å². The highest BCUT2D eigenvalue weighted by molar-refractivity contribution is 5.14. The number of ether oxygens (including phenoxy) is 3. The zero-order chi connectivity index (χ0) is 22.3. The Morgan fingerprint density at radius 2 is 1.50 bits per heavy atom. The van der Waals surface area contributed by atoms with Crippen LogP contribution in [0.15, 0.2) is 60.7 Å². The Hall–Kier alpha value is -1.76. The molecule has 2 aromatic rings. The molecule has 0 aromatic heterocycles. The predicted octanol–water partition coefficient (Wildman–Crippen LogP) is 4.27. The Labute approximate surface area is 194 Å². The lowest BCUT2D eigenvalue weighted by molar-refractivity contribution is 0.0561. The number of hydrogen-bond acceptors (Lipinski definition) is 5. The van der Waals surface area contributed by atoms with Crippen LogP contribution in [0.3, 0.4) is 0 Å². The maximum Gasteiger partial charge on any atom is 0.0717 e. The molecule has 0 saturated carbocycles. The molecule has 32 heavy (non-hydrogen) atoms. The third kappa shape index (κ3) is 9.39. The van der Waals surface area contributed by atoms with Gasteiger partial charge >= 0.3 is 0 Å². The molecule has 1 N–H and O–H groups in total. The van der Waals surface area contributed by atoms with Gasteiger partial charge in [-0.15, -0.1) is 0 Å². The summed E-state index contributed by atoms with van der Waals surface area (Å²) in [6.07, 6.45) is 5.08. The molecule has 0 spiro atoms. The molecule has 5 nitrogen and oxygen atoms in total. The van der Waals surface area contributed by atoms with Crippen LogP contribution in [0.2, 0.25) is 0 Å². The molecular weight excluding hydrogens is 400 g/mol. The summed E-state index contributed by atoms with van der Waals surface area (Å²) in [7, 11) is 1.76. The van der Waals surface area contributed by atoms with Crippen molar-refractivity contribution >= 4 is 0 Å². The molecule has 2 fully saturated rings. The van der Waals surface area contributed by atoms with Gasteiger partial charge in [-0.05, 0) is 49.9 Å². The van der Waals surface area contributed by atoms with E-state index in [0.29, 0.717) is 12.1 Å². The number of rotatable bonds is 11. The van der Waals surface area contributed by atoms with Crippen LogP contribution in [0.5, 0.6) is 0 Å². The molecule has 2 saturated heterocycles. The average Bonchev–Trinajstić information content (AvgIpc) is 3.52. The van der Waals surface area contributed by atoms with E-state index in [9.17, 15) is 0 Å². The fourth-order valence-corrected chi connectivity index (χ4v) is 4.27. The number of methoxy groups -OCH3 is 1. The van der Waals surface area contributed by atoms with Gasteiger partial charge in [-0.2, -0.15) is 0 Å². The fraction of sp³-hybridized carbons (Fsp3) is 0.556. The Morgan fingerprint density at radius 1 is 0.844 bits per heavy atom. The number of likely N-dealkylation sites (tertiary alicyclic amines) is 1. The Balaban J connectivity index is 0.000000186. The molecular formula is C27H40N2O3. The van der Waals surface area contributed by atoms with E-state index in [2.05, 4.69) is 46.6 Å². The highest BCUT2D eigenvalue weighted by atomic mass is 16.5. The largest absolute Gasteiger partial charge is 0.383 e. The van der Waals surface area contributed by atoms with Gasteiger partial charge in [0.05, 0.1) is 33.0 Å². The van der Waals surface area contributed by atoms with Gasteiger partial charge in [0.1, 0.15) is 0 Å². The Bertz CT molecular complexity index is 707. The molecule has 2 aromatic carbocycles. The molecule has 2 aliphatic heterocycles. The maximum atomic E-state index is 5.83. The molecule has 0 radical (unpaired) electrons. The molecule has 5 heteroatoms. The van der Waals surface area contributed by atoms with Crippen LogP contribution in [0.25, 0.3) is 0 Å². The van der Waals surface area contributed by atoms with E-state index in [0.717, 1.165) is 46.1 Å². The van der Waals surface area contributed by atoms with E-state index in [1.807, 2.05) is 24.3 Å². The Kier molecular flexibility index (Phi) is 11.8. The van der Waals surface area contributed by atoms with Crippen molar-refractivity contribution in [1.29, 1.82) is 0 Å². The summed E-state index contributed by atoms with van der Waals surface area (Å²) >= 11 is 0. The molecule has 176 valence electrons. The topological polar surface area (TPSA) is 43.0 Å². The lowest BCUT2D eigenvalue weighted by Crippen LogP contribution is -2.35. The third-order valence-corrected chi connectivity index (χ3v) is 6.10. The second-order valence-corrected chi connectivity index (χ2v) is 8.62. The number of nitrogens with zero attached hydrogens (tertiary/aromatic N) is 1. The number of benzene rings is 2. The highest BCUT2D eigenvalue weighted by Gasteiger charge is 2.23. The van der Waals surface area contributed by atoms with Crippen molar-refractivity contribution < 1.29 is 14.2 Å². The summed E-state index contributed by atoms with van der Waals surface area (Å²) in [6.45, 7) is 7.30. The SMILES string of the molecule is COCCN1CCC[C@H]1COCc1ccccc1.c1ccc(COC[C@@H]2CCCN2)cc1. The first-order valence-corrected chi connectivity index (χ1v) is 12.0. The third-order valence-electron chi connectivity index (χ3n) is 6.10. The number of nitrogens with one attached hydrogen (secondary N) is 1. The monoisotopic (exact) mass is 440 g/mol. The van der Waals surface area contributed by atoms with Crippen LogP contribution >= 0.6 is 0 Å². The van der Waals surface area contributed by atoms with E-state index in [4.69, 9.17) is 14.2 Å². The molecule has 0 aliphatic carbocycles. The normalized spacial score (nSPS) is 20.8. The van der Waals surface area contributed by atoms with Crippen molar-refractivity contribution in [2.24, 2.45) is 0 Å². The van der Waals surface area contributed by atoms with Gasteiger partial charge in [0, 0.05) is 25.7 Å². The molecule has 4 rings (SSSR count). The summed E-state index contributed by atoms with van der Waals surface area (Å²) in [6, 6.07) is 21.8. The van der Waals surface area contributed by atoms with Gasteiger partial charge in [-0.3, -0.25) is 4.90 Å². The maximum absolute atomic E-state index is 5.83. The van der Waals surface area contributed by atoms with Crippen LogP contribution in [0, 0.1) is 0 Å². The fourth-order valence-electron chi connectivity index (χ4n) is 4.27. The molecule has 0 unspecified atom stereocenters. The zero-order valence-electron chi connectivity index (χ0n) is 19.6. The molecule has 0 amide bonds. The minimum atomic E-state index is 0.573. The van der Waals surface area contributed by atoms with Gasteiger partial charge < -0.3 is 19.5 Å². The standard InChI is InChI=1S/C15H23NO2.C12H17NO/c1-17-11-10-16-9-5-8-15(16)13-18-12-14-6-3-2-4-7-14;1-2-5-11(6-3-1)9-14-10-12-7-4-8-13-12/h2-4,6-7,15H,5,8-13H2,1H3;1-3,5-6,12-13H,4,7-10H2/t15-;12-/m00/s1. The van der Waals surface area contributed by atoms with Crippen molar-refractivity contribution in [1.82, 2.24) is 10.2 Å². The van der Waals surface area contributed by atoms with E-state index in [1.165, 1.54) is 43.4 Å². The highest BCUT2D eigenvalue weighted by Crippen LogP contribution is 2.17. The first-order valence-electron chi connectivity index (χ1n) is 12.0. The van der Waals surface area contributed by atoms with Crippen LogP contribution in [-0.2, 0) is 27.4 Å². The van der Waals surface area contributed by atoms with Gasteiger partial charge in [0.2, 0.25) is 0 Å². The summed E-state index contributed by atoms with van der Waals surface area (Å²) in [5.41, 5.74) is 2.50. The second-order valence-electron chi connectivity index (χ2n) is 8.62. The number of hydrogen-bond donors (Lipinski definition) is 1.